The van der Waals surface area contributed by atoms with Gasteiger partial charge in [-0.3, -0.25) is 4.31 Å². The second-order valence-corrected chi connectivity index (χ2v) is 7.32. The van der Waals surface area contributed by atoms with Gasteiger partial charge in [-0.25, -0.2) is 8.42 Å². The summed E-state index contributed by atoms with van der Waals surface area (Å²) in [5.74, 6) is -0.462. The van der Waals surface area contributed by atoms with Gasteiger partial charge in [-0.1, -0.05) is 18.2 Å². The molecule has 0 saturated carbocycles. The summed E-state index contributed by atoms with van der Waals surface area (Å²) in [6.45, 7) is 1.79. The number of nitrogens with zero attached hydrogens (tertiary/aromatic N) is 1. The van der Waals surface area contributed by atoms with Crippen LogP contribution in [0.5, 0.6) is 5.75 Å². The third-order valence-electron chi connectivity index (χ3n) is 3.76. The van der Waals surface area contributed by atoms with Gasteiger partial charge in [0.15, 0.2) is 0 Å². The van der Waals surface area contributed by atoms with E-state index in [1.54, 1.807) is 19.1 Å². The van der Waals surface area contributed by atoms with E-state index < -0.39 is 22.1 Å². The van der Waals surface area contributed by atoms with E-state index in [1.807, 2.05) is 12.1 Å². The number of anilines is 1. The number of benzene rings is 2. The number of ether oxygens (including phenoxy) is 1. The molecule has 2 aromatic rings. The first-order valence-corrected chi connectivity index (χ1v) is 8.60. The molecular weight excluding hydrogens is 343 g/mol. The molecule has 4 nitrogen and oxygen atoms in total. The van der Waals surface area contributed by atoms with Crippen LogP contribution in [0.3, 0.4) is 0 Å². The lowest BCUT2D eigenvalue weighted by Gasteiger charge is -2.24. The first kappa shape index (κ1) is 16.6. The molecular formula is C16H14F3NO3S. The molecule has 0 spiro atoms. The zero-order chi connectivity index (χ0) is 17.5. The second kappa shape index (κ2) is 5.70. The average Bonchev–Trinajstić information content (AvgIpc) is 2.82. The largest absolute Gasteiger partial charge is 0.573 e. The van der Waals surface area contributed by atoms with Gasteiger partial charge in [0, 0.05) is 6.04 Å². The van der Waals surface area contributed by atoms with Crippen molar-refractivity contribution in [3.05, 3.63) is 54.1 Å². The van der Waals surface area contributed by atoms with E-state index in [0.29, 0.717) is 12.1 Å². The molecule has 0 aliphatic carbocycles. The van der Waals surface area contributed by atoms with E-state index in [-0.39, 0.29) is 10.9 Å². The van der Waals surface area contributed by atoms with Crippen molar-refractivity contribution >= 4 is 15.7 Å². The van der Waals surface area contributed by atoms with Crippen molar-refractivity contribution in [2.24, 2.45) is 0 Å². The van der Waals surface area contributed by atoms with Crippen LogP contribution >= 0.6 is 0 Å². The molecule has 0 saturated heterocycles. The summed E-state index contributed by atoms with van der Waals surface area (Å²) in [5.41, 5.74) is 1.52. The van der Waals surface area contributed by atoms with Crippen molar-refractivity contribution in [1.82, 2.24) is 0 Å². The maximum Gasteiger partial charge on any atom is 0.573 e. The van der Waals surface area contributed by atoms with Crippen LogP contribution in [0, 0.1) is 0 Å². The van der Waals surface area contributed by atoms with Gasteiger partial charge in [0.1, 0.15) is 5.75 Å². The minimum Gasteiger partial charge on any atom is -0.406 e. The Hall–Kier alpha value is -2.22. The van der Waals surface area contributed by atoms with Crippen LogP contribution in [-0.4, -0.2) is 20.8 Å². The Kier molecular flexibility index (Phi) is 3.95. The Labute approximate surface area is 137 Å². The quantitative estimate of drug-likeness (QED) is 0.841. The first-order valence-electron chi connectivity index (χ1n) is 7.16. The van der Waals surface area contributed by atoms with Gasteiger partial charge in [0.05, 0.1) is 10.6 Å². The fourth-order valence-electron chi connectivity index (χ4n) is 2.83. The summed E-state index contributed by atoms with van der Waals surface area (Å²) in [6.07, 6.45) is -4.23. The smallest absolute Gasteiger partial charge is 0.406 e. The SMILES string of the molecule is CC1Cc2ccccc2N1S(=O)(=O)c1ccc(OC(F)(F)F)cc1. The van der Waals surface area contributed by atoms with Crippen molar-refractivity contribution in [3.8, 4) is 5.75 Å². The molecule has 3 rings (SSSR count). The molecule has 1 heterocycles. The maximum atomic E-state index is 12.9. The average molecular weight is 357 g/mol. The Morgan fingerprint density at radius 1 is 1.08 bits per heavy atom. The van der Waals surface area contributed by atoms with E-state index in [0.717, 1.165) is 29.8 Å². The summed E-state index contributed by atoms with van der Waals surface area (Å²) < 4.78 is 67.4. The number of rotatable bonds is 3. The van der Waals surface area contributed by atoms with E-state index in [1.165, 1.54) is 4.31 Å². The predicted octanol–water partition coefficient (Wildman–Crippen LogP) is 3.73. The highest BCUT2D eigenvalue weighted by molar-refractivity contribution is 7.92. The van der Waals surface area contributed by atoms with Crippen LogP contribution in [0.15, 0.2) is 53.4 Å². The van der Waals surface area contributed by atoms with Crippen molar-refractivity contribution in [3.63, 3.8) is 0 Å². The fraction of sp³-hybridized carbons (Fsp3) is 0.250. The predicted molar refractivity (Wildman–Crippen MR) is 82.4 cm³/mol. The lowest BCUT2D eigenvalue weighted by atomic mass is 10.1. The van der Waals surface area contributed by atoms with Crippen LogP contribution in [0.2, 0.25) is 0 Å². The van der Waals surface area contributed by atoms with Gasteiger partial charge in [-0.15, -0.1) is 13.2 Å². The first-order chi connectivity index (χ1) is 11.2. The number of halogens is 3. The van der Waals surface area contributed by atoms with Gasteiger partial charge >= 0.3 is 6.36 Å². The highest BCUT2D eigenvalue weighted by atomic mass is 32.2. The van der Waals surface area contributed by atoms with Crippen LogP contribution in [0.1, 0.15) is 12.5 Å². The molecule has 8 heteroatoms. The van der Waals surface area contributed by atoms with Crippen LogP contribution in [0.4, 0.5) is 18.9 Å². The minimum absolute atomic E-state index is 0.0828. The monoisotopic (exact) mass is 357 g/mol. The topological polar surface area (TPSA) is 46.6 Å². The molecule has 0 amide bonds. The van der Waals surface area contributed by atoms with Crippen molar-refractivity contribution in [2.75, 3.05) is 4.31 Å². The molecule has 0 aromatic heterocycles. The third-order valence-corrected chi connectivity index (χ3v) is 5.70. The normalized spacial score (nSPS) is 17.7. The summed E-state index contributed by atoms with van der Waals surface area (Å²) >= 11 is 0. The van der Waals surface area contributed by atoms with Crippen molar-refractivity contribution in [2.45, 2.75) is 30.6 Å². The number of sulfonamides is 1. The van der Waals surface area contributed by atoms with E-state index in [2.05, 4.69) is 4.74 Å². The van der Waals surface area contributed by atoms with Gasteiger partial charge in [-0.05, 0) is 49.2 Å². The molecule has 24 heavy (non-hydrogen) atoms. The number of alkyl halides is 3. The zero-order valence-electron chi connectivity index (χ0n) is 12.6. The van der Waals surface area contributed by atoms with Crippen LogP contribution < -0.4 is 9.04 Å². The zero-order valence-corrected chi connectivity index (χ0v) is 13.4. The number of fused-ring (bicyclic) bond motifs is 1. The highest BCUT2D eigenvalue weighted by Crippen LogP contribution is 2.36. The van der Waals surface area contributed by atoms with E-state index in [4.69, 9.17) is 0 Å². The van der Waals surface area contributed by atoms with Crippen molar-refractivity contribution in [1.29, 1.82) is 0 Å². The molecule has 0 fully saturated rings. The lowest BCUT2D eigenvalue weighted by Crippen LogP contribution is -2.35. The molecule has 1 aliphatic rings. The highest BCUT2D eigenvalue weighted by Gasteiger charge is 2.36. The Morgan fingerprint density at radius 3 is 2.33 bits per heavy atom. The molecule has 2 aromatic carbocycles. The molecule has 0 N–H and O–H groups in total. The van der Waals surface area contributed by atoms with Crippen LogP contribution in [-0.2, 0) is 16.4 Å². The second-order valence-electron chi connectivity index (χ2n) is 5.50. The van der Waals surface area contributed by atoms with Gasteiger partial charge in [0.2, 0.25) is 0 Å². The van der Waals surface area contributed by atoms with Crippen molar-refractivity contribution < 1.29 is 26.3 Å². The van der Waals surface area contributed by atoms with Gasteiger partial charge in [-0.2, -0.15) is 0 Å². The van der Waals surface area contributed by atoms with Gasteiger partial charge in [0.25, 0.3) is 10.0 Å². The molecule has 128 valence electrons. The minimum atomic E-state index is -4.82. The number of hydrogen-bond donors (Lipinski definition) is 0. The Morgan fingerprint density at radius 2 is 1.71 bits per heavy atom. The van der Waals surface area contributed by atoms with Gasteiger partial charge < -0.3 is 4.74 Å². The summed E-state index contributed by atoms with van der Waals surface area (Å²) in [7, 11) is -3.87. The molecule has 1 unspecified atom stereocenters. The third kappa shape index (κ3) is 3.06. The van der Waals surface area contributed by atoms with E-state index in [9.17, 15) is 21.6 Å². The maximum absolute atomic E-state index is 12.9. The Balaban J connectivity index is 1.94. The number of hydrogen-bond acceptors (Lipinski definition) is 3. The Bertz CT molecular complexity index is 848. The number of para-hydroxylation sites is 1. The molecule has 1 aliphatic heterocycles. The standard InChI is InChI=1S/C16H14F3NO3S/c1-11-10-12-4-2-3-5-15(12)20(11)24(21,22)14-8-6-13(7-9-14)23-16(17,18)19/h2-9,11H,10H2,1H3. The lowest BCUT2D eigenvalue weighted by molar-refractivity contribution is -0.274. The van der Waals surface area contributed by atoms with Crippen LogP contribution in [0.25, 0.3) is 0 Å². The molecule has 0 radical (unpaired) electrons. The summed E-state index contributed by atoms with van der Waals surface area (Å²) in [5, 5.41) is 0. The fourth-order valence-corrected chi connectivity index (χ4v) is 4.52. The van der Waals surface area contributed by atoms with E-state index >= 15 is 0 Å². The molecule has 0 bridgehead atoms. The summed E-state index contributed by atoms with van der Waals surface area (Å²) in [4.78, 5) is -0.0828. The summed E-state index contributed by atoms with van der Waals surface area (Å²) in [6, 6.07) is 11.1. The molecule has 1 atom stereocenters.